The molecule has 6 aliphatic rings. The molecule has 0 unspecified atom stereocenters. The second kappa shape index (κ2) is 28.5. The monoisotopic (exact) mass is 1010 g/mol. The molecule has 392 valence electrons. The predicted molar refractivity (Wildman–Crippen MR) is 267 cm³/mol. The van der Waals surface area contributed by atoms with Crippen molar-refractivity contribution in [3.8, 4) is 0 Å². The van der Waals surface area contributed by atoms with Gasteiger partial charge < -0.3 is 52.1 Å². The number of carboxylic acid groups (broad SMARTS) is 1. The van der Waals surface area contributed by atoms with Crippen molar-refractivity contribution in [2.24, 2.45) is 35.3 Å². The van der Waals surface area contributed by atoms with Gasteiger partial charge in [-0.3, -0.25) is 24.0 Å². The van der Waals surface area contributed by atoms with Crippen molar-refractivity contribution in [3.63, 3.8) is 0 Å². The number of urea groups is 2. The Hall–Kier alpha value is -3.46. The lowest BCUT2D eigenvalue weighted by Crippen LogP contribution is -2.59. The van der Waals surface area contributed by atoms with E-state index in [9.17, 15) is 53.7 Å². The van der Waals surface area contributed by atoms with E-state index in [4.69, 9.17) is 5.73 Å². The third kappa shape index (κ3) is 17.4. The predicted octanol–water partition coefficient (Wildman–Crippen LogP) is 4.57. The molecule has 18 nitrogen and oxygen atoms in total. The number of ketones is 3. The Balaban J connectivity index is 0.000000249. The number of carbonyl (C=O) groups excluding carboxylic acids is 7. The maximum absolute atomic E-state index is 13.7. The van der Waals surface area contributed by atoms with Crippen molar-refractivity contribution in [2.45, 2.75) is 179 Å². The number of thioether (sulfide) groups is 2. The lowest BCUT2D eigenvalue weighted by Gasteiger charge is -2.39. The number of aliphatic carboxylic acids is 1. The molecular weight excluding hydrogens is 927 g/mol. The Morgan fingerprint density at radius 3 is 1.49 bits per heavy atom. The minimum atomic E-state index is -1.30. The summed E-state index contributed by atoms with van der Waals surface area (Å²) in [6.07, 6.45) is 10.5. The molecule has 2 saturated carbocycles. The highest BCUT2D eigenvalue weighted by atomic mass is 32.2. The Morgan fingerprint density at radius 2 is 1.09 bits per heavy atom. The summed E-state index contributed by atoms with van der Waals surface area (Å²) in [5.74, 6) is -0.0882. The van der Waals surface area contributed by atoms with Crippen molar-refractivity contribution >= 4 is 70.7 Å². The van der Waals surface area contributed by atoms with Crippen LogP contribution < -0.4 is 27.0 Å². The van der Waals surface area contributed by atoms with Crippen LogP contribution in [0, 0.1) is 29.6 Å². The van der Waals surface area contributed by atoms with Crippen LogP contribution in [0.3, 0.4) is 0 Å². The first-order chi connectivity index (χ1) is 32.8. The normalized spacial score (nSPS) is 24.3. The molecule has 9 N–H and O–H groups in total. The van der Waals surface area contributed by atoms with Crippen LogP contribution in [0.5, 0.6) is 0 Å². The molecule has 6 rings (SSSR count). The van der Waals surface area contributed by atoms with Gasteiger partial charge in [0.25, 0.3) is 0 Å². The van der Waals surface area contributed by atoms with Gasteiger partial charge in [0.1, 0.15) is 23.3 Å². The molecule has 2 aliphatic carbocycles. The number of nitrogens with one attached hydrogen (secondary N) is 4. The van der Waals surface area contributed by atoms with Gasteiger partial charge in [-0.05, 0) is 63.2 Å². The zero-order valence-electron chi connectivity index (χ0n) is 41.6. The summed E-state index contributed by atoms with van der Waals surface area (Å²) < 4.78 is 0. The van der Waals surface area contributed by atoms with E-state index in [-0.39, 0.29) is 78.2 Å². The van der Waals surface area contributed by atoms with Gasteiger partial charge in [-0.1, -0.05) is 79.1 Å². The molecule has 0 aromatic rings. The number of carbonyl (C=O) groups is 8. The number of nitrogens with two attached hydrogens (primary N) is 1. The van der Waals surface area contributed by atoms with E-state index in [2.05, 4.69) is 21.3 Å². The molecule has 0 aromatic carbocycles. The molecule has 0 radical (unpaired) electrons. The molecule has 4 aliphatic heterocycles. The maximum Gasteiger partial charge on any atom is 0.329 e. The van der Waals surface area contributed by atoms with E-state index < -0.39 is 47.1 Å². The average Bonchev–Trinajstić information content (AvgIpc) is 4.01. The highest BCUT2D eigenvalue weighted by Crippen LogP contribution is 2.35. The Labute approximate surface area is 417 Å². The smallest absolute Gasteiger partial charge is 0.329 e. The highest BCUT2D eigenvalue weighted by Gasteiger charge is 2.45. The molecule has 6 amide bonds. The van der Waals surface area contributed by atoms with Crippen LogP contribution in [0.2, 0.25) is 0 Å². The SMILES string of the molecule is CC(C)[C@H](CC(=O)C1(NC(=O)N2CCSC2)CCCCC1)[C@H](O)C(=O)C[C@H]1CCCCNC1=O.CC(C)[C@H](N)[C@H](O)C(=O)C[C@H]1CCCCNC1=O.O=C(NC1(C(=O)O)CCCCC1)N1CCSC1. The molecule has 0 aromatic heterocycles. The number of carboxylic acids is 1. The molecule has 20 heteroatoms. The number of Topliss-reactive ketones (excluding diaryl/α,β-unsaturated/α-hetero) is 3. The van der Waals surface area contributed by atoms with Gasteiger partial charge in [-0.15, -0.1) is 23.5 Å². The average molecular weight is 1010 g/mol. The number of rotatable bonds is 16. The van der Waals surface area contributed by atoms with Crippen molar-refractivity contribution in [3.05, 3.63) is 0 Å². The number of aliphatic hydroxyl groups is 2. The third-order valence-electron chi connectivity index (χ3n) is 14.8. The number of hydrogen-bond donors (Lipinski definition) is 8. The highest BCUT2D eigenvalue weighted by molar-refractivity contribution is 7.99. The topological polar surface area (TPSA) is 278 Å². The van der Waals surface area contributed by atoms with E-state index in [1.165, 1.54) is 0 Å². The van der Waals surface area contributed by atoms with Crippen molar-refractivity contribution in [2.75, 3.05) is 49.4 Å². The molecule has 0 spiro atoms. The summed E-state index contributed by atoms with van der Waals surface area (Å²) in [5.41, 5.74) is 3.80. The van der Waals surface area contributed by atoms with Crippen LogP contribution in [0.25, 0.3) is 0 Å². The number of nitrogens with zero attached hydrogens (tertiary/aromatic N) is 2. The fourth-order valence-electron chi connectivity index (χ4n) is 9.95. The second-order valence-corrected chi connectivity index (χ2v) is 22.8. The van der Waals surface area contributed by atoms with E-state index in [0.29, 0.717) is 76.5 Å². The zero-order valence-corrected chi connectivity index (χ0v) is 43.2. The molecule has 6 fully saturated rings. The summed E-state index contributed by atoms with van der Waals surface area (Å²) in [6.45, 7) is 10.2. The van der Waals surface area contributed by atoms with Crippen molar-refractivity contribution < 1.29 is 53.7 Å². The second-order valence-electron chi connectivity index (χ2n) is 20.6. The van der Waals surface area contributed by atoms with E-state index in [1.807, 2.05) is 27.7 Å². The fourth-order valence-corrected chi connectivity index (χ4v) is 11.8. The molecule has 4 saturated heterocycles. The summed E-state index contributed by atoms with van der Waals surface area (Å²) in [6, 6.07) is -0.983. The van der Waals surface area contributed by atoms with Crippen LogP contribution >= 0.6 is 23.5 Å². The van der Waals surface area contributed by atoms with Crippen LogP contribution in [0.1, 0.15) is 150 Å². The van der Waals surface area contributed by atoms with Gasteiger partial charge in [0.2, 0.25) is 11.8 Å². The summed E-state index contributed by atoms with van der Waals surface area (Å²) in [4.78, 5) is 102. The number of hydrogen-bond acceptors (Lipinski definition) is 13. The van der Waals surface area contributed by atoms with Gasteiger partial charge in [0, 0.05) is 80.7 Å². The van der Waals surface area contributed by atoms with Gasteiger partial charge >= 0.3 is 18.0 Å². The minimum Gasteiger partial charge on any atom is -0.480 e. The van der Waals surface area contributed by atoms with E-state index >= 15 is 0 Å². The van der Waals surface area contributed by atoms with Gasteiger partial charge in [-0.25, -0.2) is 14.4 Å². The Kier molecular flexibility index (Phi) is 24.0. The molecular formula is C49H83N7O11S2. The lowest BCUT2D eigenvalue weighted by atomic mass is 9.73. The first-order valence-electron chi connectivity index (χ1n) is 25.6. The summed E-state index contributed by atoms with van der Waals surface area (Å²) >= 11 is 3.40. The minimum absolute atomic E-state index is 0.00108. The van der Waals surface area contributed by atoms with Gasteiger partial charge in [0.05, 0.1) is 11.8 Å². The quantitative estimate of drug-likeness (QED) is 0.105. The zero-order chi connectivity index (χ0) is 50.7. The molecule has 4 heterocycles. The number of amides is 6. The first kappa shape index (κ1) is 58.1. The standard InChI is InChI=1S/C25H41N3O5S.C13H24N2O3.C11H18N2O3S/c1-17(2)19(22(31)20(29)14-18-8-4-7-11-26-23(18)32)15-21(30)25(9-5-3-6-10-25)27-24(33)28-12-13-34-16-28;1-8(2)11(14)12(17)10(16)7-9-5-3-4-6-15-13(9)18;14-9(15)11(4-2-1-3-5-11)12-10(16)13-6-7-17-8-13/h17-19,22,31H,3-16H2,1-2H3,(H,26,32)(H,27,33);8-9,11-12,17H,3-7,14H2,1-2H3,(H,15,18);1-8H2,(H,12,16)(H,14,15)/t18-,19+,22+;9-,11+,12-;/m11./s1. The fraction of sp³-hybridized carbons (Fsp3) is 0.837. The van der Waals surface area contributed by atoms with Crippen LogP contribution in [0.4, 0.5) is 9.59 Å². The Morgan fingerprint density at radius 1 is 0.652 bits per heavy atom. The van der Waals surface area contributed by atoms with Gasteiger partial charge in [-0.2, -0.15) is 0 Å². The van der Waals surface area contributed by atoms with Crippen LogP contribution in [0.15, 0.2) is 0 Å². The largest absolute Gasteiger partial charge is 0.480 e. The summed E-state index contributed by atoms with van der Waals surface area (Å²) in [5, 5.41) is 41.6. The van der Waals surface area contributed by atoms with Crippen molar-refractivity contribution in [1.29, 1.82) is 0 Å². The molecule has 0 bridgehead atoms. The van der Waals surface area contributed by atoms with Crippen LogP contribution in [-0.2, 0) is 28.8 Å². The third-order valence-corrected chi connectivity index (χ3v) is 16.7. The molecule has 69 heavy (non-hydrogen) atoms. The maximum atomic E-state index is 13.7. The van der Waals surface area contributed by atoms with E-state index in [0.717, 1.165) is 75.7 Å². The van der Waals surface area contributed by atoms with E-state index in [1.54, 1.807) is 33.3 Å². The lowest BCUT2D eigenvalue weighted by molar-refractivity contribution is -0.146. The Bertz CT molecular complexity index is 1730. The summed E-state index contributed by atoms with van der Waals surface area (Å²) in [7, 11) is 0. The van der Waals surface area contributed by atoms with Gasteiger partial charge in [0.15, 0.2) is 17.3 Å². The van der Waals surface area contributed by atoms with Crippen molar-refractivity contribution in [1.82, 2.24) is 31.1 Å². The number of aliphatic hydroxyl groups excluding tert-OH is 2. The van der Waals surface area contributed by atoms with Crippen LogP contribution in [-0.4, -0.2) is 151 Å². The molecule has 6 atom stereocenters. The first-order valence-corrected chi connectivity index (χ1v) is 27.9.